The van der Waals surface area contributed by atoms with Gasteiger partial charge in [-0.25, -0.2) is 9.59 Å². The molecule has 1 saturated carbocycles. The Morgan fingerprint density at radius 3 is 2.47 bits per heavy atom. The number of hydrogen-bond acceptors (Lipinski definition) is 3. The second-order valence-corrected chi connectivity index (χ2v) is 4.90. The van der Waals surface area contributed by atoms with E-state index in [4.69, 9.17) is 10.8 Å². The second kappa shape index (κ2) is 6.96. The molecule has 0 heterocycles. The van der Waals surface area contributed by atoms with E-state index in [0.717, 1.165) is 19.3 Å². The summed E-state index contributed by atoms with van der Waals surface area (Å²) in [4.78, 5) is 35.3. The highest BCUT2D eigenvalue weighted by atomic mass is 16.4. The Bertz CT molecular complexity index is 355. The van der Waals surface area contributed by atoms with Crippen molar-refractivity contribution in [1.82, 2.24) is 10.2 Å². The standard InChI is InChI=1S/C12H21N3O4/c1-2-5-15(7-8-3-4-8)12(19)14-9(11(17)18)6-10(13)16/h8-9H,2-7H2,1H3,(H2,13,16)(H,14,19)(H,17,18). The summed E-state index contributed by atoms with van der Waals surface area (Å²) in [6.07, 6.45) is 2.62. The number of nitrogens with zero attached hydrogens (tertiary/aromatic N) is 1. The summed E-state index contributed by atoms with van der Waals surface area (Å²) in [6.45, 7) is 3.17. The van der Waals surface area contributed by atoms with Crippen molar-refractivity contribution in [2.24, 2.45) is 11.7 Å². The Kier molecular flexibility index (Phi) is 5.59. The van der Waals surface area contributed by atoms with Crippen LogP contribution in [0.4, 0.5) is 4.79 Å². The molecule has 1 aliphatic carbocycles. The molecule has 4 N–H and O–H groups in total. The van der Waals surface area contributed by atoms with Crippen molar-refractivity contribution in [2.75, 3.05) is 13.1 Å². The molecular formula is C12H21N3O4. The maximum Gasteiger partial charge on any atom is 0.326 e. The van der Waals surface area contributed by atoms with Crippen molar-refractivity contribution < 1.29 is 19.5 Å². The molecule has 0 saturated heterocycles. The third kappa shape index (κ3) is 5.58. The number of aliphatic carboxylic acids is 1. The summed E-state index contributed by atoms with van der Waals surface area (Å²) >= 11 is 0. The van der Waals surface area contributed by atoms with Gasteiger partial charge in [-0.15, -0.1) is 0 Å². The highest BCUT2D eigenvalue weighted by molar-refractivity contribution is 5.87. The molecule has 1 aliphatic rings. The lowest BCUT2D eigenvalue weighted by molar-refractivity contribution is -0.140. The Morgan fingerprint density at radius 1 is 1.42 bits per heavy atom. The van der Waals surface area contributed by atoms with Gasteiger partial charge in [0, 0.05) is 13.1 Å². The molecule has 1 fully saturated rings. The minimum atomic E-state index is -1.26. The molecule has 0 aromatic carbocycles. The first kappa shape index (κ1) is 15.3. The lowest BCUT2D eigenvalue weighted by Crippen LogP contribution is -2.50. The zero-order chi connectivity index (χ0) is 14.4. The van der Waals surface area contributed by atoms with Crippen LogP contribution >= 0.6 is 0 Å². The van der Waals surface area contributed by atoms with Crippen molar-refractivity contribution >= 4 is 17.9 Å². The molecule has 0 aromatic heterocycles. The van der Waals surface area contributed by atoms with E-state index in [1.807, 2.05) is 6.92 Å². The van der Waals surface area contributed by atoms with Crippen LogP contribution in [0.25, 0.3) is 0 Å². The van der Waals surface area contributed by atoms with Gasteiger partial charge in [-0.3, -0.25) is 4.79 Å². The summed E-state index contributed by atoms with van der Waals surface area (Å²) in [5.74, 6) is -1.48. The number of carboxylic acid groups (broad SMARTS) is 1. The Morgan fingerprint density at radius 2 is 2.05 bits per heavy atom. The predicted octanol–water partition coefficient (Wildman–Crippen LogP) is 0.147. The molecule has 108 valence electrons. The number of nitrogens with two attached hydrogens (primary N) is 1. The maximum absolute atomic E-state index is 12.0. The van der Waals surface area contributed by atoms with Gasteiger partial charge in [0.05, 0.1) is 6.42 Å². The number of hydrogen-bond donors (Lipinski definition) is 3. The number of amides is 3. The van der Waals surface area contributed by atoms with Crippen LogP contribution in [-0.4, -0.2) is 47.0 Å². The van der Waals surface area contributed by atoms with E-state index in [0.29, 0.717) is 19.0 Å². The molecule has 7 nitrogen and oxygen atoms in total. The highest BCUT2D eigenvalue weighted by Crippen LogP contribution is 2.29. The molecular weight excluding hydrogens is 250 g/mol. The monoisotopic (exact) mass is 271 g/mol. The van der Waals surface area contributed by atoms with Crippen LogP contribution in [0.3, 0.4) is 0 Å². The summed E-state index contributed by atoms with van der Waals surface area (Å²) in [5, 5.41) is 11.3. The van der Waals surface area contributed by atoms with Crippen LogP contribution in [0.15, 0.2) is 0 Å². The van der Waals surface area contributed by atoms with Crippen LogP contribution in [0.1, 0.15) is 32.6 Å². The number of primary amides is 1. The van der Waals surface area contributed by atoms with Gasteiger partial charge in [0.1, 0.15) is 6.04 Å². The van der Waals surface area contributed by atoms with Crippen LogP contribution in [-0.2, 0) is 9.59 Å². The minimum Gasteiger partial charge on any atom is -0.480 e. The van der Waals surface area contributed by atoms with Crippen molar-refractivity contribution in [3.05, 3.63) is 0 Å². The third-order valence-electron chi connectivity index (χ3n) is 2.96. The first-order valence-corrected chi connectivity index (χ1v) is 6.50. The molecule has 0 aromatic rings. The molecule has 7 heteroatoms. The van der Waals surface area contributed by atoms with E-state index >= 15 is 0 Å². The zero-order valence-electron chi connectivity index (χ0n) is 11.1. The van der Waals surface area contributed by atoms with Gasteiger partial charge in [0.25, 0.3) is 0 Å². The molecule has 0 radical (unpaired) electrons. The molecule has 3 amide bonds. The highest BCUT2D eigenvalue weighted by Gasteiger charge is 2.29. The first-order chi connectivity index (χ1) is 8.93. The van der Waals surface area contributed by atoms with E-state index in [1.54, 1.807) is 4.90 Å². The van der Waals surface area contributed by atoms with Crippen molar-refractivity contribution in [1.29, 1.82) is 0 Å². The van der Waals surface area contributed by atoms with Gasteiger partial charge in [0.15, 0.2) is 0 Å². The normalized spacial score (nSPS) is 15.6. The average Bonchev–Trinajstić information content (AvgIpc) is 3.10. The number of urea groups is 1. The number of carbonyl (C=O) groups excluding carboxylic acids is 2. The van der Waals surface area contributed by atoms with E-state index in [1.165, 1.54) is 0 Å². The van der Waals surface area contributed by atoms with Gasteiger partial charge >= 0.3 is 12.0 Å². The fraction of sp³-hybridized carbons (Fsp3) is 0.750. The minimum absolute atomic E-state index is 0.398. The molecule has 1 rings (SSSR count). The fourth-order valence-corrected chi connectivity index (χ4v) is 1.80. The molecule has 0 aliphatic heterocycles. The zero-order valence-corrected chi connectivity index (χ0v) is 11.1. The first-order valence-electron chi connectivity index (χ1n) is 6.50. The fourth-order valence-electron chi connectivity index (χ4n) is 1.80. The lowest BCUT2D eigenvalue weighted by Gasteiger charge is -2.24. The van der Waals surface area contributed by atoms with Gasteiger partial charge in [0.2, 0.25) is 5.91 Å². The van der Waals surface area contributed by atoms with Crippen LogP contribution in [0, 0.1) is 5.92 Å². The maximum atomic E-state index is 12.0. The van der Waals surface area contributed by atoms with E-state index in [9.17, 15) is 14.4 Å². The summed E-state index contributed by atoms with van der Waals surface area (Å²) in [5.41, 5.74) is 4.97. The summed E-state index contributed by atoms with van der Waals surface area (Å²) < 4.78 is 0. The molecule has 1 unspecified atom stereocenters. The van der Waals surface area contributed by atoms with Crippen LogP contribution < -0.4 is 11.1 Å². The SMILES string of the molecule is CCCN(CC1CC1)C(=O)NC(CC(N)=O)C(=O)O. The Labute approximate surface area is 112 Å². The average molecular weight is 271 g/mol. The largest absolute Gasteiger partial charge is 0.480 e. The van der Waals surface area contributed by atoms with Crippen molar-refractivity contribution in [3.8, 4) is 0 Å². The van der Waals surface area contributed by atoms with Gasteiger partial charge in [-0.1, -0.05) is 6.92 Å². The van der Waals surface area contributed by atoms with Crippen LogP contribution in [0.5, 0.6) is 0 Å². The van der Waals surface area contributed by atoms with Gasteiger partial charge < -0.3 is 21.1 Å². The Balaban J connectivity index is 2.55. The molecule has 1 atom stereocenters. The number of rotatable bonds is 8. The molecule has 0 bridgehead atoms. The summed E-state index contributed by atoms with van der Waals surface area (Å²) in [7, 11) is 0. The topological polar surface area (TPSA) is 113 Å². The van der Waals surface area contributed by atoms with Gasteiger partial charge in [-0.05, 0) is 25.2 Å². The molecule has 19 heavy (non-hydrogen) atoms. The predicted molar refractivity (Wildman–Crippen MR) is 68.4 cm³/mol. The number of nitrogens with one attached hydrogen (secondary N) is 1. The van der Waals surface area contributed by atoms with Crippen LogP contribution in [0.2, 0.25) is 0 Å². The second-order valence-electron chi connectivity index (χ2n) is 4.90. The molecule has 0 spiro atoms. The number of carbonyl (C=O) groups is 3. The summed E-state index contributed by atoms with van der Waals surface area (Å²) in [6, 6.07) is -1.70. The number of carboxylic acids is 1. The van der Waals surface area contributed by atoms with E-state index < -0.39 is 30.4 Å². The lowest BCUT2D eigenvalue weighted by atomic mass is 10.2. The van der Waals surface area contributed by atoms with Crippen molar-refractivity contribution in [3.63, 3.8) is 0 Å². The van der Waals surface area contributed by atoms with E-state index in [2.05, 4.69) is 5.32 Å². The smallest absolute Gasteiger partial charge is 0.326 e. The Hall–Kier alpha value is -1.79. The van der Waals surface area contributed by atoms with Crippen molar-refractivity contribution in [2.45, 2.75) is 38.6 Å². The quantitative estimate of drug-likeness (QED) is 0.583. The third-order valence-corrected chi connectivity index (χ3v) is 2.96. The van der Waals surface area contributed by atoms with E-state index in [-0.39, 0.29) is 0 Å². The van der Waals surface area contributed by atoms with Gasteiger partial charge in [-0.2, -0.15) is 0 Å².